The van der Waals surface area contributed by atoms with Gasteiger partial charge in [-0.05, 0) is 36.1 Å². The molecule has 4 nitrogen and oxygen atoms in total. The summed E-state index contributed by atoms with van der Waals surface area (Å²) < 4.78 is 5.51. The van der Waals surface area contributed by atoms with Crippen molar-refractivity contribution in [3.63, 3.8) is 0 Å². The van der Waals surface area contributed by atoms with Crippen molar-refractivity contribution in [2.45, 2.75) is 19.4 Å². The molecule has 1 unspecified atom stereocenters. The standard InChI is InChI=1S/C17H19N3O/c1-13-5-2-3-7-15(13)16(20-17-19-9-10-21-17)11-14-6-4-8-18-12-14/h2-8,12,16H,9-11H2,1H3,(H,19,20). The van der Waals surface area contributed by atoms with E-state index >= 15 is 0 Å². The van der Waals surface area contributed by atoms with Gasteiger partial charge in [-0.1, -0.05) is 30.3 Å². The maximum absolute atomic E-state index is 5.51. The number of ether oxygens (including phenoxy) is 1. The third kappa shape index (κ3) is 3.40. The minimum absolute atomic E-state index is 0.132. The molecule has 1 aromatic carbocycles. The number of pyridine rings is 1. The summed E-state index contributed by atoms with van der Waals surface area (Å²) in [5, 5.41) is 3.42. The van der Waals surface area contributed by atoms with Gasteiger partial charge in [0.05, 0.1) is 12.6 Å². The number of aryl methyl sites for hydroxylation is 1. The van der Waals surface area contributed by atoms with Crippen molar-refractivity contribution in [3.8, 4) is 0 Å². The summed E-state index contributed by atoms with van der Waals surface area (Å²) in [5.74, 6) is 0. The average molecular weight is 281 g/mol. The Balaban J connectivity index is 1.85. The maximum Gasteiger partial charge on any atom is 0.285 e. The molecule has 108 valence electrons. The summed E-state index contributed by atoms with van der Waals surface area (Å²) in [7, 11) is 0. The van der Waals surface area contributed by atoms with Crippen molar-refractivity contribution in [2.75, 3.05) is 13.2 Å². The molecule has 1 aliphatic heterocycles. The monoisotopic (exact) mass is 281 g/mol. The van der Waals surface area contributed by atoms with Crippen LogP contribution in [0.4, 0.5) is 0 Å². The Morgan fingerprint density at radius 1 is 1.24 bits per heavy atom. The van der Waals surface area contributed by atoms with Gasteiger partial charge >= 0.3 is 0 Å². The van der Waals surface area contributed by atoms with E-state index < -0.39 is 0 Å². The molecule has 0 radical (unpaired) electrons. The van der Waals surface area contributed by atoms with Crippen molar-refractivity contribution < 1.29 is 4.74 Å². The zero-order valence-electron chi connectivity index (χ0n) is 12.1. The zero-order chi connectivity index (χ0) is 14.5. The smallest absolute Gasteiger partial charge is 0.285 e. The molecule has 0 saturated heterocycles. The number of rotatable bonds is 4. The normalized spacial score (nSPS) is 15.2. The Labute approximate surface area is 124 Å². The van der Waals surface area contributed by atoms with Crippen LogP contribution in [0.1, 0.15) is 22.7 Å². The summed E-state index contributed by atoms with van der Waals surface area (Å²) in [6.45, 7) is 3.52. The molecule has 0 fully saturated rings. The quantitative estimate of drug-likeness (QED) is 0.937. The van der Waals surface area contributed by atoms with Crippen LogP contribution in [0.5, 0.6) is 0 Å². The van der Waals surface area contributed by atoms with Gasteiger partial charge in [-0.25, -0.2) is 4.99 Å². The molecule has 0 spiro atoms. The fourth-order valence-electron chi connectivity index (χ4n) is 2.54. The average Bonchev–Trinajstić information content (AvgIpc) is 3.01. The van der Waals surface area contributed by atoms with Crippen LogP contribution in [0.3, 0.4) is 0 Å². The van der Waals surface area contributed by atoms with Crippen molar-refractivity contribution in [1.29, 1.82) is 0 Å². The third-order valence-electron chi connectivity index (χ3n) is 3.61. The molecule has 1 aromatic heterocycles. The van der Waals surface area contributed by atoms with Crippen LogP contribution in [0.25, 0.3) is 0 Å². The zero-order valence-corrected chi connectivity index (χ0v) is 12.1. The molecular formula is C17H19N3O. The number of aliphatic imine (C=N–C) groups is 1. The summed E-state index contributed by atoms with van der Waals surface area (Å²) in [5.41, 5.74) is 3.72. The molecule has 4 heteroatoms. The van der Waals surface area contributed by atoms with Gasteiger partial charge in [-0.15, -0.1) is 0 Å². The molecule has 0 aliphatic carbocycles. The predicted octanol–water partition coefficient (Wildman–Crippen LogP) is 2.65. The van der Waals surface area contributed by atoms with Gasteiger partial charge in [0, 0.05) is 12.4 Å². The van der Waals surface area contributed by atoms with Crippen LogP contribution in [0.15, 0.2) is 53.8 Å². The molecule has 1 atom stereocenters. The van der Waals surface area contributed by atoms with E-state index in [4.69, 9.17) is 4.74 Å². The molecular weight excluding hydrogens is 262 g/mol. The van der Waals surface area contributed by atoms with Crippen LogP contribution in [0, 0.1) is 6.92 Å². The first-order valence-corrected chi connectivity index (χ1v) is 7.21. The van der Waals surface area contributed by atoms with Gasteiger partial charge < -0.3 is 10.1 Å². The lowest BCUT2D eigenvalue weighted by Crippen LogP contribution is -2.30. The summed E-state index contributed by atoms with van der Waals surface area (Å²) in [6.07, 6.45) is 4.55. The van der Waals surface area contributed by atoms with E-state index in [-0.39, 0.29) is 6.04 Å². The van der Waals surface area contributed by atoms with E-state index in [1.807, 2.05) is 12.3 Å². The molecule has 2 aromatic rings. The Morgan fingerprint density at radius 2 is 2.14 bits per heavy atom. The first kappa shape index (κ1) is 13.6. The highest BCUT2D eigenvalue weighted by molar-refractivity contribution is 5.75. The van der Waals surface area contributed by atoms with Gasteiger partial charge in [-0.3, -0.25) is 4.98 Å². The SMILES string of the molecule is Cc1ccccc1C(Cc1cccnc1)NC1=NCCO1. The van der Waals surface area contributed by atoms with Crippen molar-refractivity contribution >= 4 is 6.02 Å². The molecule has 1 aliphatic rings. The number of benzene rings is 1. The van der Waals surface area contributed by atoms with Gasteiger partial charge in [-0.2, -0.15) is 0 Å². The maximum atomic E-state index is 5.51. The number of nitrogens with one attached hydrogen (secondary N) is 1. The highest BCUT2D eigenvalue weighted by Crippen LogP contribution is 2.22. The van der Waals surface area contributed by atoms with Crippen molar-refractivity contribution in [2.24, 2.45) is 4.99 Å². The molecule has 2 heterocycles. The first-order chi connectivity index (χ1) is 10.3. The van der Waals surface area contributed by atoms with Crippen LogP contribution >= 0.6 is 0 Å². The Bertz CT molecular complexity index is 625. The Morgan fingerprint density at radius 3 is 2.86 bits per heavy atom. The van der Waals surface area contributed by atoms with Crippen LogP contribution in [0.2, 0.25) is 0 Å². The van der Waals surface area contributed by atoms with Gasteiger partial charge in [0.2, 0.25) is 0 Å². The fraction of sp³-hybridized carbons (Fsp3) is 0.294. The molecule has 0 saturated carbocycles. The van der Waals surface area contributed by atoms with Crippen LogP contribution in [-0.4, -0.2) is 24.2 Å². The van der Waals surface area contributed by atoms with Gasteiger partial charge in [0.15, 0.2) is 0 Å². The summed E-state index contributed by atoms with van der Waals surface area (Å²) in [4.78, 5) is 8.54. The van der Waals surface area contributed by atoms with Gasteiger partial charge in [0.1, 0.15) is 6.61 Å². The molecule has 1 N–H and O–H groups in total. The lowest BCUT2D eigenvalue weighted by Gasteiger charge is -2.21. The van der Waals surface area contributed by atoms with Crippen LogP contribution < -0.4 is 5.32 Å². The summed E-state index contributed by atoms with van der Waals surface area (Å²) in [6, 6.07) is 13.2. The van der Waals surface area contributed by atoms with E-state index in [9.17, 15) is 0 Å². The van der Waals surface area contributed by atoms with Crippen molar-refractivity contribution in [3.05, 3.63) is 65.5 Å². The topological polar surface area (TPSA) is 46.5 Å². The number of hydrogen-bond acceptors (Lipinski definition) is 4. The first-order valence-electron chi connectivity index (χ1n) is 7.21. The minimum Gasteiger partial charge on any atom is -0.463 e. The molecule has 21 heavy (non-hydrogen) atoms. The lowest BCUT2D eigenvalue weighted by atomic mass is 9.96. The lowest BCUT2D eigenvalue weighted by molar-refractivity contribution is 0.325. The highest BCUT2D eigenvalue weighted by atomic mass is 16.5. The molecule has 0 amide bonds. The summed E-state index contributed by atoms with van der Waals surface area (Å²) >= 11 is 0. The van der Waals surface area contributed by atoms with E-state index in [0.29, 0.717) is 12.6 Å². The van der Waals surface area contributed by atoms with Crippen LogP contribution in [-0.2, 0) is 11.2 Å². The second kappa shape index (κ2) is 6.39. The third-order valence-corrected chi connectivity index (χ3v) is 3.61. The number of nitrogens with zero attached hydrogens (tertiary/aromatic N) is 2. The highest BCUT2D eigenvalue weighted by Gasteiger charge is 2.18. The Hall–Kier alpha value is -2.36. The van der Waals surface area contributed by atoms with Gasteiger partial charge in [0.25, 0.3) is 6.02 Å². The Kier molecular flexibility index (Phi) is 4.15. The number of aromatic nitrogens is 1. The molecule has 0 bridgehead atoms. The second-order valence-corrected chi connectivity index (χ2v) is 5.15. The number of amidine groups is 1. The van der Waals surface area contributed by atoms with E-state index in [1.54, 1.807) is 6.20 Å². The predicted molar refractivity (Wildman–Crippen MR) is 83.3 cm³/mol. The van der Waals surface area contributed by atoms with Crippen molar-refractivity contribution in [1.82, 2.24) is 10.3 Å². The van der Waals surface area contributed by atoms with E-state index in [2.05, 4.69) is 52.5 Å². The second-order valence-electron chi connectivity index (χ2n) is 5.15. The molecule has 3 rings (SSSR count). The largest absolute Gasteiger partial charge is 0.463 e. The minimum atomic E-state index is 0.132. The van der Waals surface area contributed by atoms with E-state index in [0.717, 1.165) is 13.0 Å². The number of hydrogen-bond donors (Lipinski definition) is 1. The fourth-order valence-corrected chi connectivity index (χ4v) is 2.54. The van der Waals surface area contributed by atoms with E-state index in [1.165, 1.54) is 16.7 Å².